The highest BCUT2D eigenvalue weighted by atomic mass is 19.2. The minimum atomic E-state index is -0.895. The second kappa shape index (κ2) is 6.63. The fraction of sp³-hybridized carbons (Fsp3) is 0.250. The number of hydrogen-bond donors (Lipinski definition) is 1. The molecule has 0 aromatic heterocycles. The molecule has 2 rings (SSSR count). The van der Waals surface area contributed by atoms with E-state index in [1.54, 1.807) is 13.1 Å². The molecule has 0 amide bonds. The Morgan fingerprint density at radius 1 is 1.10 bits per heavy atom. The summed E-state index contributed by atoms with van der Waals surface area (Å²) in [5, 5.41) is 2.92. The van der Waals surface area contributed by atoms with Gasteiger partial charge in [0.25, 0.3) is 0 Å². The molecule has 2 aromatic rings. The van der Waals surface area contributed by atoms with Crippen molar-refractivity contribution in [1.82, 2.24) is 5.32 Å². The summed E-state index contributed by atoms with van der Waals surface area (Å²) in [7, 11) is 3.03. The topological polar surface area (TPSA) is 21.3 Å². The van der Waals surface area contributed by atoms with Gasteiger partial charge in [-0.2, -0.15) is 0 Å². The van der Waals surface area contributed by atoms with Crippen molar-refractivity contribution in [3.8, 4) is 5.75 Å². The van der Waals surface area contributed by atoms with Crippen LogP contribution in [0.25, 0.3) is 0 Å². The van der Waals surface area contributed by atoms with Crippen molar-refractivity contribution in [1.29, 1.82) is 0 Å². The minimum Gasteiger partial charge on any atom is -0.494 e. The van der Waals surface area contributed by atoms with Gasteiger partial charge < -0.3 is 10.1 Å². The Morgan fingerprint density at radius 3 is 2.48 bits per heavy atom. The van der Waals surface area contributed by atoms with E-state index in [1.807, 2.05) is 0 Å². The number of likely N-dealkylation sites (N-methyl/N-ethyl adjacent to an activating group) is 1. The van der Waals surface area contributed by atoms with Crippen LogP contribution in [-0.4, -0.2) is 14.2 Å². The van der Waals surface area contributed by atoms with E-state index in [-0.39, 0.29) is 11.3 Å². The number of nitrogens with one attached hydrogen (secondary N) is 1. The summed E-state index contributed by atoms with van der Waals surface area (Å²) in [5.74, 6) is -2.11. The van der Waals surface area contributed by atoms with Crippen LogP contribution in [0.2, 0.25) is 0 Å². The van der Waals surface area contributed by atoms with Gasteiger partial charge in [-0.25, -0.2) is 13.2 Å². The van der Waals surface area contributed by atoms with E-state index < -0.39 is 23.5 Å². The number of ether oxygens (including phenoxy) is 1. The van der Waals surface area contributed by atoms with Crippen LogP contribution in [0.3, 0.4) is 0 Å². The van der Waals surface area contributed by atoms with Gasteiger partial charge in [0.05, 0.1) is 7.11 Å². The Balaban J connectivity index is 2.27. The van der Waals surface area contributed by atoms with Crippen molar-refractivity contribution in [3.05, 3.63) is 65.0 Å². The third-order valence-corrected chi connectivity index (χ3v) is 3.36. The zero-order valence-corrected chi connectivity index (χ0v) is 11.8. The molecule has 112 valence electrons. The Bertz CT molecular complexity index is 631. The second-order valence-corrected chi connectivity index (χ2v) is 4.66. The van der Waals surface area contributed by atoms with Crippen molar-refractivity contribution < 1.29 is 17.9 Å². The number of methoxy groups -OCH3 is 1. The maximum Gasteiger partial charge on any atom is 0.165 e. The fourth-order valence-corrected chi connectivity index (χ4v) is 2.23. The van der Waals surface area contributed by atoms with Crippen molar-refractivity contribution in [2.75, 3.05) is 14.2 Å². The number of hydrogen-bond acceptors (Lipinski definition) is 2. The summed E-state index contributed by atoms with van der Waals surface area (Å²) in [5.41, 5.74) is 0.880. The van der Waals surface area contributed by atoms with Crippen LogP contribution in [0.5, 0.6) is 5.75 Å². The Labute approximate surface area is 121 Å². The van der Waals surface area contributed by atoms with Crippen LogP contribution in [0.15, 0.2) is 36.4 Å². The van der Waals surface area contributed by atoms with E-state index in [9.17, 15) is 13.2 Å². The highest BCUT2D eigenvalue weighted by Crippen LogP contribution is 2.25. The molecule has 0 aliphatic heterocycles. The molecule has 1 atom stereocenters. The third-order valence-electron chi connectivity index (χ3n) is 3.36. The quantitative estimate of drug-likeness (QED) is 0.909. The molecule has 0 heterocycles. The predicted molar refractivity (Wildman–Crippen MR) is 74.8 cm³/mol. The van der Waals surface area contributed by atoms with Crippen LogP contribution < -0.4 is 10.1 Å². The molecular formula is C16H16F3NO. The van der Waals surface area contributed by atoms with Gasteiger partial charge in [-0.1, -0.05) is 18.2 Å². The molecule has 21 heavy (non-hydrogen) atoms. The highest BCUT2D eigenvalue weighted by Gasteiger charge is 2.17. The Morgan fingerprint density at radius 2 is 1.86 bits per heavy atom. The first-order valence-corrected chi connectivity index (χ1v) is 6.50. The van der Waals surface area contributed by atoms with Gasteiger partial charge in [0.1, 0.15) is 0 Å². The van der Waals surface area contributed by atoms with Crippen LogP contribution in [0.1, 0.15) is 17.2 Å². The zero-order chi connectivity index (χ0) is 15.4. The first kappa shape index (κ1) is 15.4. The van der Waals surface area contributed by atoms with E-state index >= 15 is 0 Å². The molecule has 0 radical (unpaired) electrons. The Kier molecular flexibility index (Phi) is 4.85. The van der Waals surface area contributed by atoms with Crippen molar-refractivity contribution in [3.63, 3.8) is 0 Å². The predicted octanol–water partition coefficient (Wildman–Crippen LogP) is 3.62. The van der Waals surface area contributed by atoms with Gasteiger partial charge in [-0.15, -0.1) is 0 Å². The van der Waals surface area contributed by atoms with E-state index in [1.165, 1.54) is 31.4 Å². The summed E-state index contributed by atoms with van der Waals surface area (Å²) in [6, 6.07) is 8.13. The van der Waals surface area contributed by atoms with E-state index in [0.29, 0.717) is 12.0 Å². The summed E-state index contributed by atoms with van der Waals surface area (Å²) in [4.78, 5) is 0. The van der Waals surface area contributed by atoms with E-state index in [0.717, 1.165) is 6.07 Å². The number of rotatable bonds is 5. The molecule has 0 bridgehead atoms. The maximum atomic E-state index is 13.8. The third kappa shape index (κ3) is 3.36. The molecule has 1 unspecified atom stereocenters. The lowest BCUT2D eigenvalue weighted by Crippen LogP contribution is -2.20. The van der Waals surface area contributed by atoms with E-state index in [4.69, 9.17) is 4.74 Å². The average Bonchev–Trinajstić information content (AvgIpc) is 2.48. The summed E-state index contributed by atoms with van der Waals surface area (Å²) in [6.07, 6.45) is 0.331. The summed E-state index contributed by atoms with van der Waals surface area (Å²) < 4.78 is 45.7. The van der Waals surface area contributed by atoms with Gasteiger partial charge >= 0.3 is 0 Å². The maximum absolute atomic E-state index is 13.8. The highest BCUT2D eigenvalue weighted by molar-refractivity contribution is 5.31. The van der Waals surface area contributed by atoms with Crippen LogP contribution in [0, 0.1) is 17.5 Å². The standard InChI is InChI=1S/C16H16F3NO/c1-20-14(11-4-3-5-12(17)16(11)19)9-10-6-7-15(21-2)13(18)8-10/h3-8,14,20H,9H2,1-2H3. The van der Waals surface area contributed by atoms with Crippen molar-refractivity contribution in [2.24, 2.45) is 0 Å². The molecule has 0 saturated heterocycles. The zero-order valence-electron chi connectivity index (χ0n) is 11.8. The second-order valence-electron chi connectivity index (χ2n) is 4.66. The van der Waals surface area contributed by atoms with Gasteiger partial charge in [-0.3, -0.25) is 0 Å². The largest absolute Gasteiger partial charge is 0.494 e. The molecular weight excluding hydrogens is 279 g/mol. The van der Waals surface area contributed by atoms with Gasteiger partial charge in [0.2, 0.25) is 0 Å². The van der Waals surface area contributed by atoms with Crippen LogP contribution in [-0.2, 0) is 6.42 Å². The van der Waals surface area contributed by atoms with Crippen LogP contribution >= 0.6 is 0 Å². The number of benzene rings is 2. The number of halogens is 3. The molecule has 0 fully saturated rings. The van der Waals surface area contributed by atoms with Crippen LogP contribution in [0.4, 0.5) is 13.2 Å². The molecule has 0 aliphatic carbocycles. The summed E-state index contributed by atoms with van der Waals surface area (Å²) >= 11 is 0. The molecule has 0 aliphatic rings. The first-order chi connectivity index (χ1) is 10.1. The molecule has 2 nitrogen and oxygen atoms in total. The lowest BCUT2D eigenvalue weighted by Gasteiger charge is -2.18. The molecule has 0 saturated carbocycles. The van der Waals surface area contributed by atoms with Gasteiger partial charge in [0, 0.05) is 11.6 Å². The molecule has 2 aromatic carbocycles. The van der Waals surface area contributed by atoms with Crippen molar-refractivity contribution >= 4 is 0 Å². The molecule has 5 heteroatoms. The van der Waals surface area contributed by atoms with Gasteiger partial charge in [0.15, 0.2) is 23.2 Å². The minimum absolute atomic E-state index is 0.150. The first-order valence-electron chi connectivity index (χ1n) is 6.50. The molecule has 0 spiro atoms. The SMILES string of the molecule is CNC(Cc1ccc(OC)c(F)c1)c1cccc(F)c1F. The lowest BCUT2D eigenvalue weighted by molar-refractivity contribution is 0.386. The monoisotopic (exact) mass is 295 g/mol. The summed E-state index contributed by atoms with van der Waals surface area (Å²) in [6.45, 7) is 0. The average molecular weight is 295 g/mol. The Hall–Kier alpha value is -2.01. The fourth-order valence-electron chi connectivity index (χ4n) is 2.23. The van der Waals surface area contributed by atoms with E-state index in [2.05, 4.69) is 5.32 Å². The van der Waals surface area contributed by atoms with Gasteiger partial charge in [-0.05, 0) is 37.2 Å². The smallest absolute Gasteiger partial charge is 0.165 e. The normalized spacial score (nSPS) is 12.2. The molecule has 1 N–H and O–H groups in total. The lowest BCUT2D eigenvalue weighted by atomic mass is 9.98. The van der Waals surface area contributed by atoms with Crippen molar-refractivity contribution in [2.45, 2.75) is 12.5 Å².